The van der Waals surface area contributed by atoms with Crippen molar-refractivity contribution in [3.63, 3.8) is 0 Å². The second-order valence-electron chi connectivity index (χ2n) is 6.02. The predicted octanol–water partition coefficient (Wildman–Crippen LogP) is 0.533. The third-order valence-corrected chi connectivity index (χ3v) is 6.38. The first-order chi connectivity index (χ1) is 10.8. The fourth-order valence-electron chi connectivity index (χ4n) is 3.12. The average molecular weight is 337 g/mol. The molecule has 0 radical (unpaired) electrons. The summed E-state index contributed by atoms with van der Waals surface area (Å²) in [5, 5.41) is 2.71. The number of hydrogen-bond acceptors (Lipinski definition) is 4. The van der Waals surface area contributed by atoms with Crippen molar-refractivity contribution in [2.75, 3.05) is 20.1 Å². The molecule has 1 spiro atoms. The van der Waals surface area contributed by atoms with Gasteiger partial charge in [-0.1, -0.05) is 30.3 Å². The van der Waals surface area contributed by atoms with Crippen LogP contribution in [0.5, 0.6) is 0 Å². The van der Waals surface area contributed by atoms with E-state index >= 15 is 0 Å². The highest BCUT2D eigenvalue weighted by molar-refractivity contribution is 7.88. The first kappa shape index (κ1) is 15.9. The fourth-order valence-corrected chi connectivity index (χ4v) is 4.65. The highest BCUT2D eigenvalue weighted by Crippen LogP contribution is 2.30. The predicted molar refractivity (Wildman–Crippen MR) is 83.9 cm³/mol. The van der Waals surface area contributed by atoms with E-state index in [-0.39, 0.29) is 24.7 Å². The van der Waals surface area contributed by atoms with Crippen LogP contribution >= 0.6 is 0 Å². The monoisotopic (exact) mass is 337 g/mol. The maximum atomic E-state index is 12.5. The molecule has 7 nitrogen and oxygen atoms in total. The number of carbonyl (C=O) groups is 2. The molecular weight excluding hydrogens is 318 g/mol. The summed E-state index contributed by atoms with van der Waals surface area (Å²) in [6.45, 7) is 0.462. The molecule has 0 unspecified atom stereocenters. The SMILES string of the molecule is CN1C(=O)NC2(CCN(S(=O)(=O)Cc3ccccc3)CC2)C1=O. The number of likely N-dealkylation sites (N-methyl/N-ethyl adjacent to an activating group) is 1. The number of hydrogen-bond donors (Lipinski definition) is 1. The van der Waals surface area contributed by atoms with Crippen molar-refractivity contribution in [1.29, 1.82) is 0 Å². The molecule has 8 heteroatoms. The van der Waals surface area contributed by atoms with Gasteiger partial charge in [-0.25, -0.2) is 17.5 Å². The number of urea groups is 1. The van der Waals surface area contributed by atoms with E-state index in [2.05, 4.69) is 5.32 Å². The van der Waals surface area contributed by atoms with Gasteiger partial charge >= 0.3 is 6.03 Å². The van der Waals surface area contributed by atoms with Gasteiger partial charge < -0.3 is 5.32 Å². The molecule has 1 aromatic carbocycles. The van der Waals surface area contributed by atoms with Crippen LogP contribution in [0.15, 0.2) is 30.3 Å². The van der Waals surface area contributed by atoms with Crippen molar-refractivity contribution < 1.29 is 18.0 Å². The molecular formula is C15H19N3O4S. The normalized spacial score (nSPS) is 21.7. The van der Waals surface area contributed by atoms with Crippen LogP contribution in [0.25, 0.3) is 0 Å². The van der Waals surface area contributed by atoms with Crippen LogP contribution in [-0.2, 0) is 20.6 Å². The molecule has 124 valence electrons. The molecule has 2 heterocycles. The summed E-state index contributed by atoms with van der Waals surface area (Å²) in [5.74, 6) is -0.330. The number of rotatable bonds is 3. The lowest BCUT2D eigenvalue weighted by Crippen LogP contribution is -2.55. The maximum absolute atomic E-state index is 12.5. The molecule has 0 aromatic heterocycles. The van der Waals surface area contributed by atoms with E-state index in [0.29, 0.717) is 12.8 Å². The third kappa shape index (κ3) is 2.84. The molecule has 0 saturated carbocycles. The highest BCUT2D eigenvalue weighted by Gasteiger charge is 2.51. The summed E-state index contributed by atoms with van der Waals surface area (Å²) in [6.07, 6.45) is 0.603. The molecule has 3 rings (SSSR count). The maximum Gasteiger partial charge on any atom is 0.324 e. The molecule has 0 bridgehead atoms. The van der Waals surface area contributed by atoms with Crippen LogP contribution in [0.4, 0.5) is 4.79 Å². The van der Waals surface area contributed by atoms with Gasteiger partial charge in [0.25, 0.3) is 5.91 Å². The fraction of sp³-hybridized carbons (Fsp3) is 0.467. The lowest BCUT2D eigenvalue weighted by Gasteiger charge is -2.36. The Morgan fingerprint density at radius 3 is 2.26 bits per heavy atom. The average Bonchev–Trinajstić information content (AvgIpc) is 2.73. The Balaban J connectivity index is 1.69. The lowest BCUT2D eigenvalue weighted by atomic mass is 9.88. The minimum absolute atomic E-state index is 0.0545. The summed E-state index contributed by atoms with van der Waals surface area (Å²) in [5.41, 5.74) is -0.206. The zero-order valence-electron chi connectivity index (χ0n) is 12.9. The van der Waals surface area contributed by atoms with E-state index in [9.17, 15) is 18.0 Å². The van der Waals surface area contributed by atoms with Gasteiger partial charge in [0.2, 0.25) is 10.0 Å². The molecule has 2 saturated heterocycles. The Morgan fingerprint density at radius 1 is 1.13 bits per heavy atom. The number of amides is 3. The molecule has 2 aliphatic heterocycles. The lowest BCUT2D eigenvalue weighted by molar-refractivity contribution is -0.131. The number of nitrogens with zero attached hydrogens (tertiary/aromatic N) is 2. The van der Waals surface area contributed by atoms with Crippen LogP contribution in [0.1, 0.15) is 18.4 Å². The summed E-state index contributed by atoms with van der Waals surface area (Å²) < 4.78 is 26.4. The largest absolute Gasteiger partial charge is 0.324 e. The highest BCUT2D eigenvalue weighted by atomic mass is 32.2. The van der Waals surface area contributed by atoms with Crippen LogP contribution in [-0.4, -0.2) is 55.2 Å². The molecule has 2 fully saturated rings. The molecule has 3 amide bonds. The number of benzene rings is 1. The zero-order chi connectivity index (χ0) is 16.7. The van der Waals surface area contributed by atoms with E-state index in [1.54, 1.807) is 24.3 Å². The first-order valence-electron chi connectivity index (χ1n) is 7.46. The Kier molecular flexibility index (Phi) is 3.89. The Hall–Kier alpha value is -1.93. The second-order valence-corrected chi connectivity index (χ2v) is 7.99. The summed E-state index contributed by atoms with van der Waals surface area (Å²) in [6, 6.07) is 8.58. The standard InChI is InChI=1S/C15H19N3O4S/c1-17-13(19)15(16-14(17)20)7-9-18(10-8-15)23(21,22)11-12-5-3-2-4-6-12/h2-6H,7-11H2,1H3,(H,16,20). The van der Waals surface area contributed by atoms with Crippen molar-refractivity contribution in [3.8, 4) is 0 Å². The van der Waals surface area contributed by atoms with Crippen molar-refractivity contribution in [2.45, 2.75) is 24.1 Å². The molecule has 23 heavy (non-hydrogen) atoms. The van der Waals surface area contributed by atoms with Gasteiger partial charge in [0.15, 0.2) is 0 Å². The Bertz CT molecular complexity index is 724. The van der Waals surface area contributed by atoms with Crippen molar-refractivity contribution >= 4 is 22.0 Å². The molecule has 1 N–H and O–H groups in total. The van der Waals surface area contributed by atoms with Gasteiger partial charge in [-0.3, -0.25) is 9.69 Å². The minimum Gasteiger partial charge on any atom is -0.323 e. The van der Waals surface area contributed by atoms with Gasteiger partial charge in [-0.05, 0) is 18.4 Å². The molecule has 2 aliphatic rings. The van der Waals surface area contributed by atoms with Crippen molar-refractivity contribution in [3.05, 3.63) is 35.9 Å². The van der Waals surface area contributed by atoms with E-state index in [4.69, 9.17) is 0 Å². The van der Waals surface area contributed by atoms with Crippen LogP contribution in [0, 0.1) is 0 Å². The van der Waals surface area contributed by atoms with E-state index in [1.807, 2.05) is 6.07 Å². The van der Waals surface area contributed by atoms with Gasteiger partial charge in [0, 0.05) is 20.1 Å². The zero-order valence-corrected chi connectivity index (χ0v) is 13.7. The van der Waals surface area contributed by atoms with Crippen LogP contribution < -0.4 is 5.32 Å². The molecule has 0 atom stereocenters. The van der Waals surface area contributed by atoms with Crippen molar-refractivity contribution in [2.24, 2.45) is 0 Å². The van der Waals surface area contributed by atoms with E-state index in [0.717, 1.165) is 10.5 Å². The van der Waals surface area contributed by atoms with Crippen molar-refractivity contribution in [1.82, 2.24) is 14.5 Å². The number of sulfonamides is 1. The number of imide groups is 1. The second kappa shape index (κ2) is 5.61. The number of nitrogens with one attached hydrogen (secondary N) is 1. The van der Waals surface area contributed by atoms with Gasteiger partial charge in [0.1, 0.15) is 5.54 Å². The molecule has 0 aliphatic carbocycles. The molecule has 1 aromatic rings. The number of carbonyl (C=O) groups excluding carboxylic acids is 2. The summed E-state index contributed by atoms with van der Waals surface area (Å²) >= 11 is 0. The Morgan fingerprint density at radius 2 is 1.74 bits per heavy atom. The van der Waals surface area contributed by atoms with Gasteiger partial charge in [-0.2, -0.15) is 0 Å². The van der Waals surface area contributed by atoms with E-state index < -0.39 is 21.6 Å². The quantitative estimate of drug-likeness (QED) is 0.815. The first-order valence-corrected chi connectivity index (χ1v) is 9.07. The van der Waals surface area contributed by atoms with Gasteiger partial charge in [-0.15, -0.1) is 0 Å². The topological polar surface area (TPSA) is 86.8 Å². The summed E-state index contributed by atoms with van der Waals surface area (Å²) in [7, 11) is -2.00. The van der Waals surface area contributed by atoms with E-state index in [1.165, 1.54) is 11.4 Å². The minimum atomic E-state index is -3.43. The van der Waals surface area contributed by atoms with Gasteiger partial charge in [0.05, 0.1) is 5.75 Å². The number of piperidine rings is 1. The van der Waals surface area contributed by atoms with Crippen LogP contribution in [0.3, 0.4) is 0 Å². The smallest absolute Gasteiger partial charge is 0.323 e. The van der Waals surface area contributed by atoms with Crippen LogP contribution in [0.2, 0.25) is 0 Å². The summed E-state index contributed by atoms with van der Waals surface area (Å²) in [4.78, 5) is 24.9. The Labute approximate surface area is 135 Å². The third-order valence-electron chi connectivity index (χ3n) is 4.53.